The van der Waals surface area contributed by atoms with Crippen LogP contribution >= 0.6 is 11.3 Å². The molecule has 0 atom stereocenters. The van der Waals surface area contributed by atoms with Crippen molar-refractivity contribution < 1.29 is 9.90 Å². The summed E-state index contributed by atoms with van der Waals surface area (Å²) in [6, 6.07) is 2.54. The van der Waals surface area contributed by atoms with E-state index in [9.17, 15) is 9.59 Å². The van der Waals surface area contributed by atoms with Crippen LogP contribution in [0.2, 0.25) is 0 Å². The van der Waals surface area contributed by atoms with Crippen LogP contribution in [0.5, 0.6) is 0 Å². The molecular formula is C13H14N2O3S. The number of nitrogens with zero attached hydrogens (tertiary/aromatic N) is 2. The number of hydrogen-bond donors (Lipinski definition) is 1. The summed E-state index contributed by atoms with van der Waals surface area (Å²) in [4.78, 5) is 27.0. The maximum Gasteiger partial charge on any atom is 0.335 e. The first-order valence-electron chi connectivity index (χ1n) is 5.85. The topological polar surface area (TPSA) is 72.2 Å². The van der Waals surface area contributed by atoms with Gasteiger partial charge in [0, 0.05) is 23.6 Å². The van der Waals surface area contributed by atoms with Gasteiger partial charge in [0.05, 0.1) is 22.8 Å². The average Bonchev–Trinajstić information content (AvgIpc) is 2.80. The van der Waals surface area contributed by atoms with E-state index in [4.69, 9.17) is 5.11 Å². The lowest BCUT2D eigenvalue weighted by molar-refractivity contribution is 0.0696. The van der Waals surface area contributed by atoms with E-state index in [2.05, 4.69) is 18.8 Å². The summed E-state index contributed by atoms with van der Waals surface area (Å²) in [5, 5.41) is 11.8. The Hall–Kier alpha value is -1.95. The summed E-state index contributed by atoms with van der Waals surface area (Å²) in [6.07, 6.45) is 1.49. The summed E-state index contributed by atoms with van der Waals surface area (Å²) in [5.41, 5.74) is 0.486. The molecule has 6 heteroatoms. The summed E-state index contributed by atoms with van der Waals surface area (Å²) >= 11 is 1.57. The average molecular weight is 278 g/mol. The highest BCUT2D eigenvalue weighted by molar-refractivity contribution is 7.09. The zero-order chi connectivity index (χ0) is 14.0. The first-order valence-corrected chi connectivity index (χ1v) is 6.73. The van der Waals surface area contributed by atoms with Gasteiger partial charge in [0.25, 0.3) is 5.56 Å². The second-order valence-corrected chi connectivity index (χ2v) is 5.41. The number of carbonyl (C=O) groups is 1. The molecule has 2 heterocycles. The van der Waals surface area contributed by atoms with Gasteiger partial charge in [-0.15, -0.1) is 11.3 Å². The fourth-order valence-electron chi connectivity index (χ4n) is 1.61. The van der Waals surface area contributed by atoms with Crippen molar-refractivity contribution in [2.45, 2.75) is 26.3 Å². The fraction of sp³-hybridized carbons (Fsp3) is 0.308. The number of hydrogen-bond acceptors (Lipinski definition) is 4. The molecule has 0 unspecified atom stereocenters. The minimum Gasteiger partial charge on any atom is -0.478 e. The molecule has 0 spiro atoms. The van der Waals surface area contributed by atoms with E-state index in [0.717, 1.165) is 16.8 Å². The second kappa shape index (κ2) is 5.36. The predicted octanol–water partition coefficient (Wildman–Crippen LogP) is 2.17. The van der Waals surface area contributed by atoms with E-state index in [1.807, 2.05) is 5.38 Å². The van der Waals surface area contributed by atoms with E-state index >= 15 is 0 Å². The monoisotopic (exact) mass is 278 g/mol. The third-order valence-corrected chi connectivity index (χ3v) is 3.83. The highest BCUT2D eigenvalue weighted by Gasteiger charge is 2.08. The first-order chi connectivity index (χ1) is 8.97. The van der Waals surface area contributed by atoms with Crippen molar-refractivity contribution in [2.75, 3.05) is 0 Å². The molecule has 0 saturated heterocycles. The number of rotatable bonds is 4. The normalized spacial score (nSPS) is 10.9. The van der Waals surface area contributed by atoms with Crippen LogP contribution in [0, 0.1) is 0 Å². The third kappa shape index (κ3) is 3.08. The van der Waals surface area contributed by atoms with Gasteiger partial charge in [-0.2, -0.15) is 0 Å². The molecule has 0 aliphatic carbocycles. The Bertz CT molecular complexity index is 658. The van der Waals surface area contributed by atoms with E-state index < -0.39 is 5.97 Å². The van der Waals surface area contributed by atoms with Crippen LogP contribution in [0.4, 0.5) is 0 Å². The van der Waals surface area contributed by atoms with Crippen molar-refractivity contribution in [2.24, 2.45) is 0 Å². The molecule has 19 heavy (non-hydrogen) atoms. The molecular weight excluding hydrogens is 264 g/mol. The van der Waals surface area contributed by atoms with Crippen molar-refractivity contribution in [3.63, 3.8) is 0 Å². The smallest absolute Gasteiger partial charge is 0.335 e. The molecule has 0 fully saturated rings. The highest BCUT2D eigenvalue weighted by atomic mass is 32.1. The summed E-state index contributed by atoms with van der Waals surface area (Å²) in [5.74, 6) is -0.732. The van der Waals surface area contributed by atoms with Crippen molar-refractivity contribution in [3.8, 4) is 0 Å². The van der Waals surface area contributed by atoms with Crippen molar-refractivity contribution >= 4 is 17.3 Å². The van der Waals surface area contributed by atoms with Gasteiger partial charge in [-0.25, -0.2) is 9.78 Å². The predicted molar refractivity (Wildman–Crippen MR) is 73.0 cm³/mol. The summed E-state index contributed by atoms with van der Waals surface area (Å²) in [6.45, 7) is 4.49. The van der Waals surface area contributed by atoms with Gasteiger partial charge in [0.15, 0.2) is 0 Å². The SMILES string of the molecule is CC(C)c1nc(Cn2ccc(C(=O)O)cc2=O)cs1. The lowest BCUT2D eigenvalue weighted by Gasteiger charge is -2.03. The van der Waals surface area contributed by atoms with Gasteiger partial charge in [-0.1, -0.05) is 13.8 Å². The molecule has 0 radical (unpaired) electrons. The molecule has 2 aromatic heterocycles. The molecule has 2 aromatic rings. The summed E-state index contributed by atoms with van der Waals surface area (Å²) < 4.78 is 1.45. The number of carboxylic acid groups (broad SMARTS) is 1. The number of aromatic carboxylic acids is 1. The fourth-order valence-corrected chi connectivity index (χ4v) is 2.43. The van der Waals surface area contributed by atoms with Crippen molar-refractivity contribution in [1.82, 2.24) is 9.55 Å². The molecule has 0 aromatic carbocycles. The Morgan fingerprint density at radius 1 is 1.53 bits per heavy atom. The number of pyridine rings is 1. The lowest BCUT2D eigenvalue weighted by atomic mass is 10.2. The minimum atomic E-state index is -1.10. The molecule has 1 N–H and O–H groups in total. The third-order valence-electron chi connectivity index (χ3n) is 2.64. The molecule has 5 nitrogen and oxygen atoms in total. The van der Waals surface area contributed by atoms with Crippen LogP contribution in [0.15, 0.2) is 28.5 Å². The zero-order valence-corrected chi connectivity index (χ0v) is 11.5. The molecule has 2 rings (SSSR count). The van der Waals surface area contributed by atoms with E-state index in [1.165, 1.54) is 16.8 Å². The number of thiazole rings is 1. The Balaban J connectivity index is 2.23. The Kier molecular flexibility index (Phi) is 3.80. The minimum absolute atomic E-state index is 0.00222. The van der Waals surface area contributed by atoms with Crippen LogP contribution in [-0.4, -0.2) is 20.6 Å². The van der Waals surface area contributed by atoms with Crippen LogP contribution in [0.1, 0.15) is 40.8 Å². The van der Waals surface area contributed by atoms with Gasteiger partial charge in [-0.3, -0.25) is 4.79 Å². The van der Waals surface area contributed by atoms with Gasteiger partial charge < -0.3 is 9.67 Å². The first kappa shape index (κ1) is 13.5. The van der Waals surface area contributed by atoms with E-state index in [1.54, 1.807) is 11.3 Å². The number of aromatic nitrogens is 2. The second-order valence-electron chi connectivity index (χ2n) is 4.52. The largest absolute Gasteiger partial charge is 0.478 e. The van der Waals surface area contributed by atoms with Gasteiger partial charge in [0.1, 0.15) is 0 Å². The Morgan fingerprint density at radius 3 is 2.79 bits per heavy atom. The quantitative estimate of drug-likeness (QED) is 0.930. The molecule has 100 valence electrons. The highest BCUT2D eigenvalue weighted by Crippen LogP contribution is 2.19. The van der Waals surface area contributed by atoms with Crippen molar-refractivity contribution in [1.29, 1.82) is 0 Å². The van der Waals surface area contributed by atoms with Gasteiger partial charge in [-0.05, 0) is 6.07 Å². The van der Waals surface area contributed by atoms with Crippen LogP contribution < -0.4 is 5.56 Å². The van der Waals surface area contributed by atoms with Gasteiger partial charge >= 0.3 is 5.97 Å². The van der Waals surface area contributed by atoms with Crippen LogP contribution in [0.25, 0.3) is 0 Å². The molecule has 0 aliphatic rings. The number of carboxylic acids is 1. The van der Waals surface area contributed by atoms with Crippen molar-refractivity contribution in [3.05, 3.63) is 50.3 Å². The maximum absolute atomic E-state index is 11.8. The summed E-state index contributed by atoms with van der Waals surface area (Å²) in [7, 11) is 0. The molecule has 0 saturated carbocycles. The van der Waals surface area contributed by atoms with Crippen LogP contribution in [-0.2, 0) is 6.54 Å². The standard InChI is InChI=1S/C13H14N2O3S/c1-8(2)12-14-10(7-19-12)6-15-4-3-9(13(17)18)5-11(15)16/h3-5,7-8H,6H2,1-2H3,(H,17,18). The van der Waals surface area contributed by atoms with Crippen LogP contribution in [0.3, 0.4) is 0 Å². The van der Waals surface area contributed by atoms with E-state index in [-0.39, 0.29) is 11.1 Å². The maximum atomic E-state index is 11.8. The Labute approximate surface area is 114 Å². The molecule has 0 aliphatic heterocycles. The molecule has 0 amide bonds. The molecule has 0 bridgehead atoms. The lowest BCUT2D eigenvalue weighted by Crippen LogP contribution is -2.21. The van der Waals surface area contributed by atoms with Gasteiger partial charge in [0.2, 0.25) is 0 Å². The Morgan fingerprint density at radius 2 is 2.26 bits per heavy atom. The van der Waals surface area contributed by atoms with E-state index in [0.29, 0.717) is 12.5 Å². The zero-order valence-electron chi connectivity index (χ0n) is 10.7.